The Morgan fingerprint density at radius 3 is 2.37 bits per heavy atom. The van der Waals surface area contributed by atoms with Gasteiger partial charge in [-0.05, 0) is 51.2 Å². The van der Waals surface area contributed by atoms with Crippen molar-refractivity contribution in [2.75, 3.05) is 26.2 Å². The first-order valence-electron chi connectivity index (χ1n) is 7.40. The maximum absolute atomic E-state index is 12.4. The molecule has 0 aromatic carbocycles. The zero-order valence-electron chi connectivity index (χ0n) is 12.1. The van der Waals surface area contributed by atoms with Crippen LogP contribution < -0.4 is 5.32 Å². The Morgan fingerprint density at radius 2 is 1.84 bits per heavy atom. The molecule has 2 nitrogen and oxygen atoms in total. The van der Waals surface area contributed by atoms with Gasteiger partial charge in [0.05, 0.1) is 6.54 Å². The van der Waals surface area contributed by atoms with E-state index in [0.717, 1.165) is 45.2 Å². The minimum atomic E-state index is -4.05. The van der Waals surface area contributed by atoms with Crippen molar-refractivity contribution < 1.29 is 13.2 Å². The van der Waals surface area contributed by atoms with Gasteiger partial charge >= 0.3 is 6.18 Å². The van der Waals surface area contributed by atoms with Crippen molar-refractivity contribution in [3.63, 3.8) is 0 Å². The molecule has 1 aliphatic rings. The summed E-state index contributed by atoms with van der Waals surface area (Å²) in [7, 11) is 0. The number of unbranched alkanes of at least 4 members (excludes halogenated alkanes) is 2. The van der Waals surface area contributed by atoms with Crippen LogP contribution in [0.4, 0.5) is 13.2 Å². The largest absolute Gasteiger partial charge is 0.401 e. The third-order valence-electron chi connectivity index (χ3n) is 3.30. The zero-order valence-corrected chi connectivity index (χ0v) is 12.1. The third-order valence-corrected chi connectivity index (χ3v) is 3.30. The molecule has 0 atom stereocenters. The summed E-state index contributed by atoms with van der Waals surface area (Å²) >= 11 is 0. The van der Waals surface area contributed by atoms with Gasteiger partial charge in [-0.1, -0.05) is 20.3 Å². The van der Waals surface area contributed by atoms with Gasteiger partial charge in [0.25, 0.3) is 0 Å². The molecule has 1 fully saturated rings. The van der Waals surface area contributed by atoms with E-state index in [1.807, 2.05) is 0 Å². The number of halogens is 3. The number of alkyl halides is 3. The molecule has 1 rings (SSSR count). The monoisotopic (exact) mass is 280 g/mol. The van der Waals surface area contributed by atoms with Crippen LogP contribution in [0.3, 0.4) is 0 Å². The molecule has 1 saturated carbocycles. The minimum Gasteiger partial charge on any atom is -0.316 e. The van der Waals surface area contributed by atoms with Crippen LogP contribution >= 0.6 is 0 Å². The number of rotatable bonds is 10. The molecule has 1 aliphatic carbocycles. The van der Waals surface area contributed by atoms with Gasteiger partial charge in [-0.25, -0.2) is 0 Å². The van der Waals surface area contributed by atoms with E-state index in [9.17, 15) is 13.2 Å². The number of hydrogen-bond acceptors (Lipinski definition) is 2. The maximum atomic E-state index is 12.4. The van der Waals surface area contributed by atoms with E-state index in [4.69, 9.17) is 0 Å². The highest BCUT2D eigenvalue weighted by atomic mass is 19.4. The fourth-order valence-electron chi connectivity index (χ4n) is 2.19. The smallest absolute Gasteiger partial charge is 0.316 e. The average molecular weight is 280 g/mol. The lowest BCUT2D eigenvalue weighted by Gasteiger charge is -2.23. The fourth-order valence-corrected chi connectivity index (χ4v) is 2.19. The number of nitrogens with zero attached hydrogens (tertiary/aromatic N) is 1. The SMILES string of the molecule is CC(C)CNCCCCCN(CC(F)(F)F)C1CC1. The molecule has 0 saturated heterocycles. The van der Waals surface area contributed by atoms with E-state index in [1.54, 1.807) is 4.90 Å². The summed E-state index contributed by atoms with van der Waals surface area (Å²) < 4.78 is 37.2. The number of nitrogens with one attached hydrogen (secondary N) is 1. The second-order valence-electron chi connectivity index (χ2n) is 5.98. The summed E-state index contributed by atoms with van der Waals surface area (Å²) in [6, 6.07) is 0.195. The standard InChI is InChI=1S/C14H27F3N2/c1-12(2)10-18-8-4-3-5-9-19(13-6-7-13)11-14(15,16)17/h12-13,18H,3-11H2,1-2H3. The van der Waals surface area contributed by atoms with Crippen LogP contribution in [-0.4, -0.2) is 43.3 Å². The average Bonchev–Trinajstić information content (AvgIpc) is 3.07. The molecule has 0 bridgehead atoms. The molecule has 0 aromatic rings. The summed E-state index contributed by atoms with van der Waals surface area (Å²) in [4.78, 5) is 1.61. The van der Waals surface area contributed by atoms with Crippen LogP contribution in [0.15, 0.2) is 0 Å². The van der Waals surface area contributed by atoms with Crippen molar-refractivity contribution in [2.45, 2.75) is 58.2 Å². The van der Waals surface area contributed by atoms with Crippen molar-refractivity contribution >= 4 is 0 Å². The molecular formula is C14H27F3N2. The van der Waals surface area contributed by atoms with Crippen LogP contribution in [0.5, 0.6) is 0 Å². The van der Waals surface area contributed by atoms with E-state index >= 15 is 0 Å². The summed E-state index contributed by atoms with van der Waals surface area (Å²) in [6.07, 6.45) is 0.749. The van der Waals surface area contributed by atoms with Gasteiger partial charge in [-0.3, -0.25) is 4.90 Å². The third kappa shape index (κ3) is 9.27. The highest BCUT2D eigenvalue weighted by Crippen LogP contribution is 2.30. The van der Waals surface area contributed by atoms with E-state index in [-0.39, 0.29) is 6.04 Å². The summed E-state index contributed by atoms with van der Waals surface area (Å²) in [5, 5.41) is 3.35. The molecule has 1 N–H and O–H groups in total. The Kier molecular flexibility index (Phi) is 7.15. The lowest BCUT2D eigenvalue weighted by molar-refractivity contribution is -0.147. The van der Waals surface area contributed by atoms with Crippen LogP contribution in [0.25, 0.3) is 0 Å². The maximum Gasteiger partial charge on any atom is 0.401 e. The molecule has 19 heavy (non-hydrogen) atoms. The molecule has 0 unspecified atom stereocenters. The number of hydrogen-bond donors (Lipinski definition) is 1. The van der Waals surface area contributed by atoms with Crippen LogP contribution in [0, 0.1) is 5.92 Å². The van der Waals surface area contributed by atoms with E-state index < -0.39 is 12.7 Å². The molecule has 0 amide bonds. The van der Waals surface area contributed by atoms with Gasteiger partial charge in [0.1, 0.15) is 0 Å². The van der Waals surface area contributed by atoms with Crippen molar-refractivity contribution in [1.29, 1.82) is 0 Å². The van der Waals surface area contributed by atoms with Crippen molar-refractivity contribution in [1.82, 2.24) is 10.2 Å². The van der Waals surface area contributed by atoms with Crippen LogP contribution in [-0.2, 0) is 0 Å². The molecule has 114 valence electrons. The molecule has 0 spiro atoms. The van der Waals surface area contributed by atoms with Gasteiger partial charge in [0, 0.05) is 6.04 Å². The second kappa shape index (κ2) is 8.10. The summed E-state index contributed by atoms with van der Waals surface area (Å²) in [5.74, 6) is 0.650. The van der Waals surface area contributed by atoms with Crippen molar-refractivity contribution in [2.24, 2.45) is 5.92 Å². The molecule has 0 radical (unpaired) electrons. The Labute approximate surface area is 114 Å². The Hall–Kier alpha value is -0.290. The predicted octanol–water partition coefficient (Wildman–Crippen LogP) is 3.43. The summed E-state index contributed by atoms with van der Waals surface area (Å²) in [6.45, 7) is 6.18. The second-order valence-corrected chi connectivity index (χ2v) is 5.98. The Bertz CT molecular complexity index is 237. The minimum absolute atomic E-state index is 0.195. The van der Waals surface area contributed by atoms with Crippen LogP contribution in [0.2, 0.25) is 0 Å². The van der Waals surface area contributed by atoms with Crippen LogP contribution in [0.1, 0.15) is 46.0 Å². The quantitative estimate of drug-likeness (QED) is 0.617. The molecule has 5 heteroatoms. The normalized spacial score (nSPS) is 16.6. The summed E-state index contributed by atoms with van der Waals surface area (Å²) in [5.41, 5.74) is 0. The first-order valence-corrected chi connectivity index (χ1v) is 7.40. The first-order chi connectivity index (χ1) is 8.88. The van der Waals surface area contributed by atoms with Gasteiger partial charge < -0.3 is 5.32 Å². The first kappa shape index (κ1) is 16.8. The van der Waals surface area contributed by atoms with Gasteiger partial charge in [0.2, 0.25) is 0 Å². The topological polar surface area (TPSA) is 15.3 Å². The highest BCUT2D eigenvalue weighted by Gasteiger charge is 2.37. The Balaban J connectivity index is 2.02. The van der Waals surface area contributed by atoms with Crippen molar-refractivity contribution in [3.8, 4) is 0 Å². The molecule has 0 aromatic heterocycles. The lowest BCUT2D eigenvalue weighted by Crippen LogP contribution is -2.36. The van der Waals surface area contributed by atoms with E-state index in [0.29, 0.717) is 12.5 Å². The Morgan fingerprint density at radius 1 is 1.16 bits per heavy atom. The van der Waals surface area contributed by atoms with Gasteiger partial charge in [-0.15, -0.1) is 0 Å². The lowest BCUT2D eigenvalue weighted by atomic mass is 10.2. The fraction of sp³-hybridized carbons (Fsp3) is 1.00. The van der Waals surface area contributed by atoms with Crippen molar-refractivity contribution in [3.05, 3.63) is 0 Å². The molecule has 0 aliphatic heterocycles. The molecule has 0 heterocycles. The van der Waals surface area contributed by atoms with E-state index in [2.05, 4.69) is 19.2 Å². The van der Waals surface area contributed by atoms with E-state index in [1.165, 1.54) is 0 Å². The zero-order chi connectivity index (χ0) is 14.3. The highest BCUT2D eigenvalue weighted by molar-refractivity contribution is 4.85. The van der Waals surface area contributed by atoms with Gasteiger partial charge in [-0.2, -0.15) is 13.2 Å². The molecular weight excluding hydrogens is 253 g/mol. The predicted molar refractivity (Wildman–Crippen MR) is 72.2 cm³/mol. The van der Waals surface area contributed by atoms with Gasteiger partial charge in [0.15, 0.2) is 0 Å².